The van der Waals surface area contributed by atoms with Crippen LogP contribution in [0.1, 0.15) is 50.0 Å². The molecule has 2 aromatic rings. The molecule has 0 bridgehead atoms. The molecule has 0 atom stereocenters. The summed E-state index contributed by atoms with van der Waals surface area (Å²) in [6.07, 6.45) is 2.38. The highest BCUT2D eigenvalue weighted by atomic mass is 16.4. The van der Waals surface area contributed by atoms with E-state index in [0.29, 0.717) is 17.7 Å². The van der Waals surface area contributed by atoms with E-state index in [4.69, 9.17) is 4.42 Å². The zero-order valence-electron chi connectivity index (χ0n) is 10.2. The van der Waals surface area contributed by atoms with Crippen molar-refractivity contribution in [3.63, 3.8) is 0 Å². The molecule has 0 amide bonds. The van der Waals surface area contributed by atoms with Crippen molar-refractivity contribution < 1.29 is 4.42 Å². The van der Waals surface area contributed by atoms with E-state index in [9.17, 15) is 0 Å². The molecule has 3 heteroatoms. The molecule has 1 heterocycles. The van der Waals surface area contributed by atoms with Crippen LogP contribution in [-0.2, 0) is 0 Å². The zero-order valence-corrected chi connectivity index (χ0v) is 10.2. The van der Waals surface area contributed by atoms with Crippen LogP contribution in [0.25, 0.3) is 11.5 Å². The van der Waals surface area contributed by atoms with Gasteiger partial charge < -0.3 is 4.42 Å². The molecule has 0 radical (unpaired) electrons. The second-order valence-corrected chi connectivity index (χ2v) is 5.00. The summed E-state index contributed by atoms with van der Waals surface area (Å²) in [5.74, 6) is 2.48. The maximum Gasteiger partial charge on any atom is 0.247 e. The van der Waals surface area contributed by atoms with Crippen molar-refractivity contribution >= 4 is 0 Å². The second-order valence-electron chi connectivity index (χ2n) is 5.00. The average molecular weight is 228 g/mol. The van der Waals surface area contributed by atoms with E-state index in [-0.39, 0.29) is 0 Å². The number of nitrogens with zero attached hydrogens (tertiary/aromatic N) is 2. The van der Waals surface area contributed by atoms with Gasteiger partial charge in [0.15, 0.2) is 0 Å². The fraction of sp³-hybridized carbons (Fsp3) is 0.429. The predicted molar refractivity (Wildman–Crippen MR) is 65.8 cm³/mol. The third kappa shape index (κ3) is 2.09. The van der Waals surface area contributed by atoms with Gasteiger partial charge in [-0.15, -0.1) is 10.2 Å². The normalized spacial score (nSPS) is 15.5. The maximum absolute atomic E-state index is 5.71. The molecule has 3 nitrogen and oxygen atoms in total. The van der Waals surface area contributed by atoms with E-state index in [1.54, 1.807) is 0 Å². The lowest BCUT2D eigenvalue weighted by Gasteiger charge is -2.05. The highest BCUT2D eigenvalue weighted by molar-refractivity contribution is 5.54. The Labute approximate surface area is 101 Å². The molecular formula is C14H16N2O. The number of aromatic nitrogens is 2. The molecule has 0 aliphatic heterocycles. The molecule has 1 aliphatic rings. The molecule has 0 spiro atoms. The highest BCUT2D eigenvalue weighted by Crippen LogP contribution is 2.40. The largest absolute Gasteiger partial charge is 0.420 e. The molecule has 1 saturated carbocycles. The fourth-order valence-corrected chi connectivity index (χ4v) is 1.88. The molecule has 0 unspecified atom stereocenters. The Balaban J connectivity index is 1.93. The van der Waals surface area contributed by atoms with Crippen LogP contribution in [0.5, 0.6) is 0 Å². The standard InChI is InChI=1S/C14H16N2O/c1-9(2)11-4-3-5-12(8-11)14-16-15-13(17-14)10-6-7-10/h3-5,8-10H,6-7H2,1-2H3. The number of hydrogen-bond acceptors (Lipinski definition) is 3. The van der Waals surface area contributed by atoms with Crippen molar-refractivity contribution in [1.29, 1.82) is 0 Å². The summed E-state index contributed by atoms with van der Waals surface area (Å²) in [6, 6.07) is 8.34. The molecular weight excluding hydrogens is 212 g/mol. The Kier molecular flexibility index (Phi) is 2.46. The number of hydrogen-bond donors (Lipinski definition) is 0. The molecule has 88 valence electrons. The molecule has 1 aromatic heterocycles. The van der Waals surface area contributed by atoms with Crippen molar-refractivity contribution in [1.82, 2.24) is 10.2 Å². The summed E-state index contributed by atoms with van der Waals surface area (Å²) in [4.78, 5) is 0. The van der Waals surface area contributed by atoms with E-state index >= 15 is 0 Å². The smallest absolute Gasteiger partial charge is 0.247 e. The third-order valence-corrected chi connectivity index (χ3v) is 3.17. The van der Waals surface area contributed by atoms with Gasteiger partial charge >= 0.3 is 0 Å². The Morgan fingerprint density at radius 3 is 2.76 bits per heavy atom. The topological polar surface area (TPSA) is 38.9 Å². The number of rotatable bonds is 3. The van der Waals surface area contributed by atoms with Crippen molar-refractivity contribution in [2.45, 2.75) is 38.5 Å². The summed E-state index contributed by atoms with van der Waals surface area (Å²) >= 11 is 0. The predicted octanol–water partition coefficient (Wildman–Crippen LogP) is 3.74. The molecule has 1 fully saturated rings. The van der Waals surface area contributed by atoms with Crippen LogP contribution < -0.4 is 0 Å². The monoisotopic (exact) mass is 228 g/mol. The maximum atomic E-state index is 5.71. The lowest BCUT2D eigenvalue weighted by Crippen LogP contribution is -1.87. The average Bonchev–Trinajstić information content (AvgIpc) is 3.07. The molecule has 17 heavy (non-hydrogen) atoms. The first-order valence-electron chi connectivity index (χ1n) is 6.18. The van der Waals surface area contributed by atoms with Gasteiger partial charge in [0.2, 0.25) is 11.8 Å². The van der Waals surface area contributed by atoms with Gasteiger partial charge in [-0.1, -0.05) is 26.0 Å². The summed E-state index contributed by atoms with van der Waals surface area (Å²) in [7, 11) is 0. The van der Waals surface area contributed by atoms with Gasteiger partial charge in [-0.05, 0) is 36.5 Å². The van der Waals surface area contributed by atoms with Crippen LogP contribution >= 0.6 is 0 Å². The molecule has 1 aliphatic carbocycles. The Morgan fingerprint density at radius 1 is 1.24 bits per heavy atom. The first kappa shape index (κ1) is 10.5. The third-order valence-electron chi connectivity index (χ3n) is 3.17. The summed E-state index contributed by atoms with van der Waals surface area (Å²) in [5.41, 5.74) is 2.32. The van der Waals surface area contributed by atoms with Gasteiger partial charge in [0.05, 0.1) is 0 Å². The van der Waals surface area contributed by atoms with E-state index in [2.05, 4.69) is 36.2 Å². The van der Waals surface area contributed by atoms with Gasteiger partial charge in [0.25, 0.3) is 0 Å². The first-order chi connectivity index (χ1) is 8.24. The van der Waals surface area contributed by atoms with E-state index in [0.717, 1.165) is 11.5 Å². The highest BCUT2D eigenvalue weighted by Gasteiger charge is 2.29. The van der Waals surface area contributed by atoms with Gasteiger partial charge in [0.1, 0.15) is 0 Å². The quantitative estimate of drug-likeness (QED) is 0.803. The van der Waals surface area contributed by atoms with Crippen molar-refractivity contribution in [3.8, 4) is 11.5 Å². The van der Waals surface area contributed by atoms with Gasteiger partial charge in [-0.25, -0.2) is 0 Å². The molecule has 0 saturated heterocycles. The van der Waals surface area contributed by atoms with Crippen molar-refractivity contribution in [3.05, 3.63) is 35.7 Å². The van der Waals surface area contributed by atoms with Crippen LogP contribution in [0, 0.1) is 0 Å². The summed E-state index contributed by atoms with van der Waals surface area (Å²) in [5, 5.41) is 8.24. The molecule has 1 aromatic carbocycles. The van der Waals surface area contributed by atoms with E-state index < -0.39 is 0 Å². The minimum absolute atomic E-state index is 0.515. The zero-order chi connectivity index (χ0) is 11.8. The van der Waals surface area contributed by atoms with Crippen LogP contribution in [0.3, 0.4) is 0 Å². The van der Waals surface area contributed by atoms with Crippen LogP contribution in [0.2, 0.25) is 0 Å². The minimum atomic E-state index is 0.515. The summed E-state index contributed by atoms with van der Waals surface area (Å²) < 4.78 is 5.71. The Hall–Kier alpha value is -1.64. The first-order valence-corrected chi connectivity index (χ1v) is 6.18. The van der Waals surface area contributed by atoms with Gasteiger partial charge in [-0.2, -0.15) is 0 Å². The van der Waals surface area contributed by atoms with E-state index in [1.165, 1.54) is 18.4 Å². The Bertz CT molecular complexity index is 527. The van der Waals surface area contributed by atoms with Crippen molar-refractivity contribution in [2.75, 3.05) is 0 Å². The van der Waals surface area contributed by atoms with Crippen LogP contribution in [0.4, 0.5) is 0 Å². The Morgan fingerprint density at radius 2 is 2.06 bits per heavy atom. The molecule has 0 N–H and O–H groups in total. The SMILES string of the molecule is CC(C)c1cccc(-c2nnc(C3CC3)o2)c1. The van der Waals surface area contributed by atoms with Crippen LogP contribution in [0.15, 0.2) is 28.7 Å². The van der Waals surface area contributed by atoms with E-state index in [1.807, 2.05) is 12.1 Å². The van der Waals surface area contributed by atoms with Gasteiger partial charge in [-0.3, -0.25) is 0 Å². The number of benzene rings is 1. The van der Waals surface area contributed by atoms with Crippen molar-refractivity contribution in [2.24, 2.45) is 0 Å². The lowest BCUT2D eigenvalue weighted by molar-refractivity contribution is 0.508. The van der Waals surface area contributed by atoms with Crippen LogP contribution in [-0.4, -0.2) is 10.2 Å². The summed E-state index contributed by atoms with van der Waals surface area (Å²) in [6.45, 7) is 4.37. The molecule has 3 rings (SSSR count). The van der Waals surface area contributed by atoms with Gasteiger partial charge in [0, 0.05) is 11.5 Å². The second kappa shape index (κ2) is 3.99. The lowest BCUT2D eigenvalue weighted by atomic mass is 10.0. The minimum Gasteiger partial charge on any atom is -0.420 e. The fourth-order valence-electron chi connectivity index (χ4n) is 1.88.